The minimum Gasteiger partial charge on any atom is -0.481 e. The number of urea groups is 1. The average molecular weight is 228 g/mol. The maximum absolute atomic E-state index is 11.9. The van der Waals surface area contributed by atoms with Crippen LogP contribution in [0.5, 0.6) is 0 Å². The highest BCUT2D eigenvalue weighted by molar-refractivity contribution is 5.77. The first-order valence-electron chi connectivity index (χ1n) is 5.64. The van der Waals surface area contributed by atoms with Gasteiger partial charge in [-0.15, -0.1) is 0 Å². The van der Waals surface area contributed by atoms with Gasteiger partial charge in [0.1, 0.15) is 0 Å². The van der Waals surface area contributed by atoms with Crippen molar-refractivity contribution in [3.05, 3.63) is 0 Å². The Morgan fingerprint density at radius 1 is 1.50 bits per heavy atom. The quantitative estimate of drug-likeness (QED) is 0.787. The van der Waals surface area contributed by atoms with E-state index in [0.29, 0.717) is 32.0 Å². The number of carbonyl (C=O) groups is 2. The van der Waals surface area contributed by atoms with Crippen molar-refractivity contribution in [3.63, 3.8) is 0 Å². The lowest BCUT2D eigenvalue weighted by Crippen LogP contribution is -2.41. The van der Waals surface area contributed by atoms with Gasteiger partial charge >= 0.3 is 12.0 Å². The van der Waals surface area contributed by atoms with Crippen LogP contribution in [0.4, 0.5) is 4.79 Å². The van der Waals surface area contributed by atoms with E-state index in [4.69, 9.17) is 5.11 Å². The van der Waals surface area contributed by atoms with Gasteiger partial charge in [-0.2, -0.15) is 0 Å². The fourth-order valence-electron chi connectivity index (χ4n) is 2.00. The van der Waals surface area contributed by atoms with E-state index in [1.54, 1.807) is 16.8 Å². The van der Waals surface area contributed by atoms with E-state index >= 15 is 0 Å². The Morgan fingerprint density at radius 2 is 2.12 bits per heavy atom. The molecule has 16 heavy (non-hydrogen) atoms. The first kappa shape index (κ1) is 12.8. The second kappa shape index (κ2) is 5.18. The van der Waals surface area contributed by atoms with Crippen molar-refractivity contribution in [2.24, 2.45) is 11.8 Å². The van der Waals surface area contributed by atoms with Gasteiger partial charge in [-0.3, -0.25) is 4.79 Å². The molecule has 0 aromatic heterocycles. The number of likely N-dealkylation sites (tertiary alicyclic amines) is 1. The van der Waals surface area contributed by atoms with Gasteiger partial charge in [0, 0.05) is 26.7 Å². The molecule has 1 N–H and O–H groups in total. The molecule has 1 rings (SSSR count). The van der Waals surface area contributed by atoms with E-state index in [1.165, 1.54) is 0 Å². The molecule has 5 nitrogen and oxygen atoms in total. The number of hydrogen-bond donors (Lipinski definition) is 1. The van der Waals surface area contributed by atoms with Crippen molar-refractivity contribution in [2.75, 3.05) is 26.7 Å². The third-order valence-electron chi connectivity index (χ3n) is 2.77. The highest BCUT2D eigenvalue weighted by Gasteiger charge is 2.32. The first-order chi connectivity index (χ1) is 7.41. The molecule has 1 atom stereocenters. The summed E-state index contributed by atoms with van der Waals surface area (Å²) in [7, 11) is 1.76. The predicted molar refractivity (Wildman–Crippen MR) is 60.2 cm³/mol. The van der Waals surface area contributed by atoms with Gasteiger partial charge in [0.25, 0.3) is 0 Å². The lowest BCUT2D eigenvalue weighted by Gasteiger charge is -2.25. The van der Waals surface area contributed by atoms with Crippen LogP contribution in [0.3, 0.4) is 0 Å². The Labute approximate surface area is 96.0 Å². The topological polar surface area (TPSA) is 60.9 Å². The van der Waals surface area contributed by atoms with Crippen LogP contribution in [0.2, 0.25) is 0 Å². The number of hydrogen-bond acceptors (Lipinski definition) is 2. The molecule has 0 aromatic carbocycles. The molecule has 0 aliphatic carbocycles. The molecular weight excluding hydrogens is 208 g/mol. The van der Waals surface area contributed by atoms with Gasteiger partial charge in [0.05, 0.1) is 5.92 Å². The number of carboxylic acid groups (broad SMARTS) is 1. The van der Waals surface area contributed by atoms with Crippen molar-refractivity contribution < 1.29 is 14.7 Å². The zero-order valence-corrected chi connectivity index (χ0v) is 10.1. The molecule has 1 unspecified atom stereocenters. The third-order valence-corrected chi connectivity index (χ3v) is 2.77. The van der Waals surface area contributed by atoms with Gasteiger partial charge in [-0.25, -0.2) is 4.79 Å². The number of rotatable bonds is 3. The molecule has 0 bridgehead atoms. The van der Waals surface area contributed by atoms with Gasteiger partial charge in [-0.05, 0) is 12.3 Å². The molecule has 2 amide bonds. The second-order valence-electron chi connectivity index (χ2n) is 4.83. The fourth-order valence-corrected chi connectivity index (χ4v) is 2.00. The lowest BCUT2D eigenvalue weighted by molar-refractivity contribution is -0.141. The first-order valence-corrected chi connectivity index (χ1v) is 5.64. The molecule has 0 aromatic rings. The molecule has 0 saturated carbocycles. The van der Waals surface area contributed by atoms with Crippen LogP contribution in [0.15, 0.2) is 0 Å². The zero-order valence-electron chi connectivity index (χ0n) is 10.1. The monoisotopic (exact) mass is 228 g/mol. The summed E-state index contributed by atoms with van der Waals surface area (Å²) in [5, 5.41) is 8.85. The summed E-state index contributed by atoms with van der Waals surface area (Å²) in [5.41, 5.74) is 0. The Bertz CT molecular complexity index is 278. The van der Waals surface area contributed by atoms with Crippen molar-refractivity contribution in [1.29, 1.82) is 0 Å². The van der Waals surface area contributed by atoms with Gasteiger partial charge < -0.3 is 14.9 Å². The Balaban J connectivity index is 2.47. The summed E-state index contributed by atoms with van der Waals surface area (Å²) in [6.07, 6.45) is 0.566. The molecule has 0 spiro atoms. The maximum atomic E-state index is 11.9. The summed E-state index contributed by atoms with van der Waals surface area (Å²) in [5.74, 6) is -0.773. The van der Waals surface area contributed by atoms with E-state index in [9.17, 15) is 9.59 Å². The Morgan fingerprint density at radius 3 is 2.56 bits per heavy atom. The summed E-state index contributed by atoms with van der Waals surface area (Å²) in [4.78, 5) is 26.0. The number of carboxylic acids is 1. The third kappa shape index (κ3) is 3.12. The smallest absolute Gasteiger partial charge is 0.319 e. The van der Waals surface area contributed by atoms with Crippen LogP contribution in [-0.2, 0) is 4.79 Å². The normalized spacial score (nSPS) is 20.2. The molecule has 1 heterocycles. The van der Waals surface area contributed by atoms with Crippen molar-refractivity contribution in [1.82, 2.24) is 9.80 Å². The summed E-state index contributed by atoms with van der Waals surface area (Å²) in [6, 6.07) is -0.0579. The van der Waals surface area contributed by atoms with E-state index in [2.05, 4.69) is 0 Å². The Hall–Kier alpha value is -1.26. The van der Waals surface area contributed by atoms with Crippen LogP contribution >= 0.6 is 0 Å². The van der Waals surface area contributed by atoms with E-state index in [-0.39, 0.29) is 6.03 Å². The summed E-state index contributed by atoms with van der Waals surface area (Å²) in [6.45, 7) is 5.70. The van der Waals surface area contributed by atoms with Crippen LogP contribution < -0.4 is 0 Å². The van der Waals surface area contributed by atoms with Gasteiger partial charge in [-0.1, -0.05) is 13.8 Å². The summed E-state index contributed by atoms with van der Waals surface area (Å²) >= 11 is 0. The van der Waals surface area contributed by atoms with Crippen LogP contribution in [0.25, 0.3) is 0 Å². The maximum Gasteiger partial charge on any atom is 0.319 e. The minimum atomic E-state index is -0.804. The standard InChI is InChI=1S/C11H20N2O3/c1-8(2)6-12(3)11(16)13-5-4-9(7-13)10(14)15/h8-9H,4-7H2,1-3H3,(H,14,15). The molecule has 1 fully saturated rings. The highest BCUT2D eigenvalue weighted by atomic mass is 16.4. The second-order valence-corrected chi connectivity index (χ2v) is 4.83. The molecule has 1 aliphatic rings. The minimum absolute atomic E-state index is 0.0579. The van der Waals surface area contributed by atoms with Crippen molar-refractivity contribution in [2.45, 2.75) is 20.3 Å². The number of nitrogens with zero attached hydrogens (tertiary/aromatic N) is 2. The molecule has 1 aliphatic heterocycles. The van der Waals surface area contributed by atoms with E-state index in [1.807, 2.05) is 13.8 Å². The molecule has 5 heteroatoms. The fraction of sp³-hybridized carbons (Fsp3) is 0.818. The van der Waals surface area contributed by atoms with Crippen LogP contribution in [-0.4, -0.2) is 53.6 Å². The predicted octanol–water partition coefficient (Wildman–Crippen LogP) is 1.10. The van der Waals surface area contributed by atoms with Crippen molar-refractivity contribution >= 4 is 12.0 Å². The van der Waals surface area contributed by atoms with Crippen molar-refractivity contribution in [3.8, 4) is 0 Å². The van der Waals surface area contributed by atoms with E-state index < -0.39 is 11.9 Å². The highest BCUT2D eigenvalue weighted by Crippen LogP contribution is 2.17. The number of aliphatic carboxylic acids is 1. The zero-order chi connectivity index (χ0) is 12.3. The SMILES string of the molecule is CC(C)CN(C)C(=O)N1CCC(C(=O)O)C1. The average Bonchev–Trinajstić information content (AvgIpc) is 2.64. The molecular formula is C11H20N2O3. The van der Waals surface area contributed by atoms with Crippen LogP contribution in [0.1, 0.15) is 20.3 Å². The largest absolute Gasteiger partial charge is 0.481 e. The molecule has 92 valence electrons. The van der Waals surface area contributed by atoms with Gasteiger partial charge in [0.15, 0.2) is 0 Å². The molecule has 0 radical (unpaired) electrons. The summed E-state index contributed by atoms with van der Waals surface area (Å²) < 4.78 is 0. The Kier molecular flexibility index (Phi) is 4.15. The number of carbonyl (C=O) groups excluding carboxylic acids is 1. The molecule has 1 saturated heterocycles. The number of amides is 2. The lowest BCUT2D eigenvalue weighted by atomic mass is 10.1. The van der Waals surface area contributed by atoms with Gasteiger partial charge in [0.2, 0.25) is 0 Å². The van der Waals surface area contributed by atoms with Crippen LogP contribution in [0, 0.1) is 11.8 Å². The van der Waals surface area contributed by atoms with E-state index in [0.717, 1.165) is 0 Å².